The van der Waals surface area contributed by atoms with Crippen molar-refractivity contribution in [2.45, 2.75) is 6.92 Å². The molecule has 0 unspecified atom stereocenters. The molecule has 2 aromatic carbocycles. The fourth-order valence-corrected chi connectivity index (χ4v) is 4.39. The van der Waals surface area contributed by atoms with Crippen molar-refractivity contribution in [2.24, 2.45) is 0 Å². The van der Waals surface area contributed by atoms with Gasteiger partial charge >= 0.3 is 5.97 Å². The van der Waals surface area contributed by atoms with Crippen LogP contribution in [0.5, 0.6) is 0 Å². The zero-order chi connectivity index (χ0) is 18.6. The molecule has 0 aliphatic carbocycles. The molecule has 8 heteroatoms. The van der Waals surface area contributed by atoms with E-state index in [1.54, 1.807) is 29.5 Å². The quantitative estimate of drug-likeness (QED) is 0.461. The van der Waals surface area contributed by atoms with Crippen molar-refractivity contribution in [3.05, 3.63) is 62.8 Å². The Bertz CT molecular complexity index is 1280. The molecule has 2 aromatic heterocycles. The van der Waals surface area contributed by atoms with Gasteiger partial charge in [0.2, 0.25) is 5.43 Å². The molecule has 0 N–H and O–H groups in total. The van der Waals surface area contributed by atoms with E-state index in [0.29, 0.717) is 20.1 Å². The summed E-state index contributed by atoms with van der Waals surface area (Å²) in [7, 11) is 0. The van der Waals surface area contributed by atoms with E-state index in [2.05, 4.69) is 0 Å². The van der Waals surface area contributed by atoms with Gasteiger partial charge in [0.05, 0.1) is 27.7 Å². The Balaban J connectivity index is 2.30. The Labute approximate surface area is 154 Å². The van der Waals surface area contributed by atoms with Crippen LogP contribution in [0.2, 0.25) is 5.02 Å². The summed E-state index contributed by atoms with van der Waals surface area (Å²) < 4.78 is 34.9. The van der Waals surface area contributed by atoms with E-state index in [0.717, 1.165) is 23.5 Å². The molecule has 0 radical (unpaired) electrons. The van der Waals surface area contributed by atoms with E-state index in [-0.39, 0.29) is 23.1 Å². The van der Waals surface area contributed by atoms with Crippen LogP contribution in [0.25, 0.3) is 25.9 Å². The SMILES string of the molecule is CCOC(=O)c1c(=O)c2cc(F)c(F)cc2n2c1sc1cc(Cl)ccc12. The van der Waals surface area contributed by atoms with Crippen molar-refractivity contribution in [3.8, 4) is 0 Å². The number of aromatic nitrogens is 1. The average Bonchev–Trinajstić information content (AvgIpc) is 2.95. The highest BCUT2D eigenvalue weighted by molar-refractivity contribution is 7.24. The number of ether oxygens (including phenoxy) is 1. The Morgan fingerprint density at radius 2 is 1.92 bits per heavy atom. The first-order valence-electron chi connectivity index (χ1n) is 7.65. The van der Waals surface area contributed by atoms with Gasteiger partial charge in [0.1, 0.15) is 10.4 Å². The minimum atomic E-state index is -1.16. The van der Waals surface area contributed by atoms with Gasteiger partial charge < -0.3 is 4.74 Å². The molecule has 26 heavy (non-hydrogen) atoms. The first kappa shape index (κ1) is 16.9. The van der Waals surface area contributed by atoms with Gasteiger partial charge in [-0.25, -0.2) is 13.6 Å². The summed E-state index contributed by atoms with van der Waals surface area (Å²) in [5.41, 5.74) is -0.112. The lowest BCUT2D eigenvalue weighted by Crippen LogP contribution is -2.20. The summed E-state index contributed by atoms with van der Waals surface area (Å²) in [6, 6.07) is 6.78. The monoisotopic (exact) mass is 393 g/mol. The zero-order valence-corrected chi connectivity index (χ0v) is 14.9. The van der Waals surface area contributed by atoms with E-state index in [4.69, 9.17) is 16.3 Å². The molecule has 0 spiro atoms. The van der Waals surface area contributed by atoms with Gasteiger partial charge in [0.15, 0.2) is 11.6 Å². The molecule has 0 aliphatic rings. The first-order chi connectivity index (χ1) is 12.4. The van der Waals surface area contributed by atoms with Gasteiger partial charge in [-0.2, -0.15) is 0 Å². The number of rotatable bonds is 2. The predicted molar refractivity (Wildman–Crippen MR) is 97.4 cm³/mol. The van der Waals surface area contributed by atoms with Gasteiger partial charge in [-0.15, -0.1) is 11.3 Å². The third-order valence-electron chi connectivity index (χ3n) is 4.02. The van der Waals surface area contributed by atoms with Crippen LogP contribution >= 0.6 is 22.9 Å². The molecular formula is C18H10ClF2NO3S. The number of pyridine rings is 1. The minimum absolute atomic E-state index is 0.0803. The summed E-state index contributed by atoms with van der Waals surface area (Å²) in [5.74, 6) is -3.05. The number of hydrogen-bond acceptors (Lipinski definition) is 4. The molecule has 2 heterocycles. The molecule has 0 bridgehead atoms. The number of thiazole rings is 1. The summed E-state index contributed by atoms with van der Waals surface area (Å²) in [4.78, 5) is 25.5. The fourth-order valence-electron chi connectivity index (χ4n) is 2.93. The summed E-state index contributed by atoms with van der Waals surface area (Å²) >= 11 is 7.19. The van der Waals surface area contributed by atoms with Crippen LogP contribution < -0.4 is 5.43 Å². The van der Waals surface area contributed by atoms with Crippen molar-refractivity contribution in [1.29, 1.82) is 0 Å². The van der Waals surface area contributed by atoms with Crippen LogP contribution in [-0.4, -0.2) is 17.0 Å². The van der Waals surface area contributed by atoms with Crippen molar-refractivity contribution < 1.29 is 18.3 Å². The molecule has 0 saturated carbocycles. The van der Waals surface area contributed by atoms with Crippen molar-refractivity contribution in [3.63, 3.8) is 0 Å². The highest BCUT2D eigenvalue weighted by Crippen LogP contribution is 2.33. The topological polar surface area (TPSA) is 47.8 Å². The molecule has 0 atom stereocenters. The third kappa shape index (κ3) is 2.39. The fraction of sp³-hybridized carbons (Fsp3) is 0.111. The van der Waals surface area contributed by atoms with Crippen molar-refractivity contribution in [2.75, 3.05) is 6.61 Å². The van der Waals surface area contributed by atoms with Gasteiger partial charge in [-0.3, -0.25) is 9.20 Å². The summed E-state index contributed by atoms with van der Waals surface area (Å²) in [6.07, 6.45) is 0. The van der Waals surface area contributed by atoms with Crippen molar-refractivity contribution in [1.82, 2.24) is 4.40 Å². The highest BCUT2D eigenvalue weighted by atomic mass is 35.5. The molecule has 0 saturated heterocycles. The van der Waals surface area contributed by atoms with E-state index in [1.807, 2.05) is 0 Å². The Hall–Kier alpha value is -2.51. The zero-order valence-electron chi connectivity index (χ0n) is 13.3. The number of carbonyl (C=O) groups excluding carboxylic acids is 1. The lowest BCUT2D eigenvalue weighted by Gasteiger charge is -2.08. The van der Waals surface area contributed by atoms with Crippen LogP contribution in [0.1, 0.15) is 17.3 Å². The maximum atomic E-state index is 13.9. The number of fused-ring (bicyclic) bond motifs is 5. The maximum Gasteiger partial charge on any atom is 0.345 e. The number of nitrogens with zero attached hydrogens (tertiary/aromatic N) is 1. The third-order valence-corrected chi connectivity index (χ3v) is 5.38. The number of halogens is 3. The number of hydrogen-bond donors (Lipinski definition) is 0. The molecule has 0 aliphatic heterocycles. The van der Waals surface area contributed by atoms with Gasteiger partial charge in [-0.1, -0.05) is 11.6 Å². The van der Waals surface area contributed by atoms with Gasteiger partial charge in [0.25, 0.3) is 0 Å². The average molecular weight is 394 g/mol. The van der Waals surface area contributed by atoms with Gasteiger partial charge in [-0.05, 0) is 31.2 Å². The molecule has 132 valence electrons. The molecule has 4 nitrogen and oxygen atoms in total. The second kappa shape index (κ2) is 6.03. The minimum Gasteiger partial charge on any atom is -0.462 e. The van der Waals surface area contributed by atoms with Crippen LogP contribution in [-0.2, 0) is 4.74 Å². The Morgan fingerprint density at radius 1 is 1.19 bits per heavy atom. The number of carbonyl (C=O) groups is 1. The molecule has 0 fully saturated rings. The standard InChI is InChI=1S/C18H10ClF2NO3S/c1-2-25-18(24)15-16(23)9-6-10(20)11(21)7-13(9)22-12-4-3-8(19)5-14(12)26-17(15)22/h3-7H,2H2,1H3. The normalized spacial score (nSPS) is 11.5. The first-order valence-corrected chi connectivity index (χ1v) is 8.84. The molecule has 4 aromatic rings. The predicted octanol–water partition coefficient (Wildman–Crippen LogP) is 4.78. The summed E-state index contributed by atoms with van der Waals surface area (Å²) in [6.45, 7) is 1.70. The molecular weight excluding hydrogens is 384 g/mol. The second-order valence-corrected chi connectivity index (χ2v) is 7.03. The van der Waals surface area contributed by atoms with E-state index in [9.17, 15) is 18.4 Å². The van der Waals surface area contributed by atoms with Crippen LogP contribution in [0.4, 0.5) is 8.78 Å². The Kier molecular flexibility index (Phi) is 3.93. The molecule has 4 rings (SSSR count). The van der Waals surface area contributed by atoms with Crippen LogP contribution in [0, 0.1) is 11.6 Å². The number of benzene rings is 2. The largest absolute Gasteiger partial charge is 0.462 e. The lowest BCUT2D eigenvalue weighted by atomic mass is 10.1. The Morgan fingerprint density at radius 3 is 2.65 bits per heavy atom. The summed E-state index contributed by atoms with van der Waals surface area (Å²) in [5, 5.41) is 0.380. The lowest BCUT2D eigenvalue weighted by molar-refractivity contribution is 0.0527. The highest BCUT2D eigenvalue weighted by Gasteiger charge is 2.24. The maximum absolute atomic E-state index is 13.9. The molecule has 0 amide bonds. The van der Waals surface area contributed by atoms with Crippen molar-refractivity contribution >= 4 is 54.9 Å². The van der Waals surface area contributed by atoms with E-state index < -0.39 is 23.0 Å². The number of esters is 1. The smallest absolute Gasteiger partial charge is 0.345 e. The van der Waals surface area contributed by atoms with Gasteiger partial charge in [0, 0.05) is 11.1 Å². The van der Waals surface area contributed by atoms with Crippen LogP contribution in [0.3, 0.4) is 0 Å². The van der Waals surface area contributed by atoms with E-state index in [1.165, 1.54) is 0 Å². The van der Waals surface area contributed by atoms with Crippen LogP contribution in [0.15, 0.2) is 35.1 Å². The van der Waals surface area contributed by atoms with E-state index >= 15 is 0 Å². The second-order valence-electron chi connectivity index (χ2n) is 5.56.